The first-order chi connectivity index (χ1) is 10.8. The lowest BCUT2D eigenvalue weighted by Crippen LogP contribution is -2.05. The average Bonchev–Trinajstić information content (AvgIpc) is 2.96. The highest BCUT2D eigenvalue weighted by atomic mass is 16.5. The Bertz CT molecular complexity index is 869. The van der Waals surface area contributed by atoms with Crippen LogP contribution in [0.4, 0.5) is 0 Å². The maximum atomic E-state index is 11.6. The molecule has 108 valence electrons. The molecule has 2 N–H and O–H groups in total. The molecule has 5 nitrogen and oxygen atoms in total. The number of nitrogens with zero attached hydrogens (tertiary/aromatic N) is 1. The summed E-state index contributed by atoms with van der Waals surface area (Å²) in [7, 11) is 0. The molecule has 0 atom stereocenters. The van der Waals surface area contributed by atoms with Crippen molar-refractivity contribution in [1.29, 1.82) is 0 Å². The summed E-state index contributed by atoms with van der Waals surface area (Å²) in [6, 6.07) is 11.2. The fourth-order valence-electron chi connectivity index (χ4n) is 2.85. The largest absolute Gasteiger partial charge is 0.488 e. The number of fused-ring (bicyclic) bond motifs is 3. The highest BCUT2D eigenvalue weighted by molar-refractivity contribution is 5.98. The number of hydrogen-bond donors (Lipinski definition) is 2. The lowest BCUT2D eigenvalue weighted by Gasteiger charge is -2.18. The minimum Gasteiger partial charge on any atom is -0.488 e. The number of carboxylic acids is 1. The van der Waals surface area contributed by atoms with Gasteiger partial charge in [0, 0.05) is 34.6 Å². The number of hydrogen-bond acceptors (Lipinski definition) is 3. The maximum Gasteiger partial charge on any atom is 0.352 e. The summed E-state index contributed by atoms with van der Waals surface area (Å²) in [4.78, 5) is 18.8. The fourth-order valence-corrected chi connectivity index (χ4v) is 2.85. The van der Waals surface area contributed by atoms with Gasteiger partial charge in [-0.25, -0.2) is 4.79 Å². The van der Waals surface area contributed by atoms with Crippen molar-refractivity contribution in [2.24, 2.45) is 0 Å². The summed E-state index contributed by atoms with van der Waals surface area (Å²) in [6.07, 6.45) is 3.32. The normalized spacial score (nSPS) is 12.2. The van der Waals surface area contributed by atoms with Gasteiger partial charge in [0.2, 0.25) is 0 Å². The number of carbonyl (C=O) groups is 1. The highest BCUT2D eigenvalue weighted by Crippen LogP contribution is 2.42. The zero-order chi connectivity index (χ0) is 15.1. The van der Waals surface area contributed by atoms with Crippen LogP contribution in [0.15, 0.2) is 48.8 Å². The summed E-state index contributed by atoms with van der Waals surface area (Å²) in [5.41, 5.74) is 4.10. The van der Waals surface area contributed by atoms with Gasteiger partial charge in [0.25, 0.3) is 0 Å². The number of rotatable bonds is 2. The lowest BCUT2D eigenvalue weighted by atomic mass is 9.97. The van der Waals surface area contributed by atoms with E-state index in [0.29, 0.717) is 12.2 Å². The van der Waals surface area contributed by atoms with Crippen LogP contribution in [-0.4, -0.2) is 21.0 Å². The van der Waals surface area contributed by atoms with E-state index < -0.39 is 5.97 Å². The molecule has 22 heavy (non-hydrogen) atoms. The third kappa shape index (κ3) is 1.79. The molecule has 0 radical (unpaired) electrons. The van der Waals surface area contributed by atoms with Gasteiger partial charge in [0.1, 0.15) is 18.1 Å². The molecular weight excluding hydrogens is 280 g/mol. The van der Waals surface area contributed by atoms with Crippen molar-refractivity contribution in [2.75, 3.05) is 0 Å². The monoisotopic (exact) mass is 292 g/mol. The Balaban J connectivity index is 2.01. The molecule has 1 aromatic carbocycles. The number of nitrogens with one attached hydrogen (secondary N) is 1. The van der Waals surface area contributed by atoms with Crippen molar-refractivity contribution in [2.45, 2.75) is 6.61 Å². The first-order valence-corrected chi connectivity index (χ1v) is 6.86. The van der Waals surface area contributed by atoms with E-state index in [2.05, 4.69) is 9.97 Å². The second kappa shape index (κ2) is 4.73. The van der Waals surface area contributed by atoms with Crippen LogP contribution in [0, 0.1) is 0 Å². The molecule has 5 heteroatoms. The van der Waals surface area contributed by atoms with Crippen molar-refractivity contribution in [3.05, 3.63) is 60.0 Å². The molecule has 3 aromatic rings. The number of aromatic amines is 1. The first kappa shape index (κ1) is 12.6. The Labute approximate surface area is 126 Å². The van der Waals surface area contributed by atoms with Crippen molar-refractivity contribution < 1.29 is 14.6 Å². The van der Waals surface area contributed by atoms with Crippen LogP contribution in [0.1, 0.15) is 16.1 Å². The minimum absolute atomic E-state index is 0.165. The highest BCUT2D eigenvalue weighted by Gasteiger charge is 2.28. The summed E-state index contributed by atoms with van der Waals surface area (Å²) in [5.74, 6) is -0.239. The van der Waals surface area contributed by atoms with E-state index in [1.54, 1.807) is 18.5 Å². The molecule has 0 fully saturated rings. The number of benzene rings is 1. The van der Waals surface area contributed by atoms with E-state index in [-0.39, 0.29) is 5.69 Å². The van der Waals surface area contributed by atoms with Crippen LogP contribution in [0.25, 0.3) is 22.4 Å². The molecule has 0 unspecified atom stereocenters. The number of ether oxygens (including phenoxy) is 1. The van der Waals surface area contributed by atoms with Gasteiger partial charge in [-0.2, -0.15) is 0 Å². The van der Waals surface area contributed by atoms with Gasteiger partial charge in [-0.1, -0.05) is 18.2 Å². The number of H-pyrrole nitrogens is 1. The van der Waals surface area contributed by atoms with Gasteiger partial charge < -0.3 is 14.8 Å². The van der Waals surface area contributed by atoms with E-state index in [1.807, 2.05) is 30.3 Å². The van der Waals surface area contributed by atoms with Crippen LogP contribution in [0.2, 0.25) is 0 Å². The Hall–Kier alpha value is -3.08. The molecule has 2 aromatic heterocycles. The zero-order valence-electron chi connectivity index (χ0n) is 11.5. The topological polar surface area (TPSA) is 75.2 Å². The van der Waals surface area contributed by atoms with E-state index in [9.17, 15) is 9.90 Å². The van der Waals surface area contributed by atoms with E-state index in [0.717, 1.165) is 28.1 Å². The van der Waals surface area contributed by atoms with Gasteiger partial charge in [-0.3, -0.25) is 4.98 Å². The zero-order valence-corrected chi connectivity index (χ0v) is 11.5. The molecule has 0 aliphatic carbocycles. The minimum atomic E-state index is -0.995. The van der Waals surface area contributed by atoms with E-state index >= 15 is 0 Å². The fraction of sp³-hybridized carbons (Fsp3) is 0.0588. The Kier molecular flexibility index (Phi) is 2.72. The van der Waals surface area contributed by atoms with Gasteiger partial charge in [-0.05, 0) is 18.2 Å². The molecule has 0 spiro atoms. The summed E-state index contributed by atoms with van der Waals surface area (Å²) < 4.78 is 5.77. The SMILES string of the molecule is O=C(O)c1[nH]c2c(c1-c1cccnc1)COc1ccccc1-2. The first-order valence-electron chi connectivity index (χ1n) is 6.86. The Morgan fingerprint density at radius 2 is 2.09 bits per heavy atom. The molecule has 3 heterocycles. The van der Waals surface area contributed by atoms with Crippen LogP contribution in [-0.2, 0) is 6.61 Å². The van der Waals surface area contributed by atoms with Gasteiger partial charge in [0.05, 0.1) is 5.69 Å². The quantitative estimate of drug-likeness (QED) is 0.759. The predicted molar refractivity (Wildman–Crippen MR) is 80.8 cm³/mol. The Morgan fingerprint density at radius 3 is 2.86 bits per heavy atom. The number of aromatic carboxylic acids is 1. The number of aromatic nitrogens is 2. The second-order valence-electron chi connectivity index (χ2n) is 5.06. The summed E-state index contributed by atoms with van der Waals surface area (Å²) in [5, 5.41) is 9.53. The van der Waals surface area contributed by atoms with Crippen molar-refractivity contribution >= 4 is 5.97 Å². The van der Waals surface area contributed by atoms with Crippen LogP contribution in [0.3, 0.4) is 0 Å². The van der Waals surface area contributed by atoms with Crippen LogP contribution < -0.4 is 4.74 Å². The summed E-state index contributed by atoms with van der Waals surface area (Å²) >= 11 is 0. The lowest BCUT2D eigenvalue weighted by molar-refractivity contribution is 0.0692. The molecule has 0 saturated heterocycles. The number of para-hydroxylation sites is 1. The summed E-state index contributed by atoms with van der Waals surface area (Å²) in [6.45, 7) is 0.334. The second-order valence-corrected chi connectivity index (χ2v) is 5.06. The van der Waals surface area contributed by atoms with Gasteiger partial charge in [0.15, 0.2) is 0 Å². The van der Waals surface area contributed by atoms with Crippen molar-refractivity contribution in [1.82, 2.24) is 9.97 Å². The molecule has 1 aliphatic heterocycles. The van der Waals surface area contributed by atoms with Gasteiger partial charge >= 0.3 is 5.97 Å². The molecular formula is C17H12N2O3. The average molecular weight is 292 g/mol. The molecule has 0 bridgehead atoms. The van der Waals surface area contributed by atoms with Crippen molar-refractivity contribution in [3.8, 4) is 28.1 Å². The third-order valence-electron chi connectivity index (χ3n) is 3.80. The van der Waals surface area contributed by atoms with Crippen LogP contribution in [0.5, 0.6) is 5.75 Å². The molecule has 4 rings (SSSR count). The van der Waals surface area contributed by atoms with Gasteiger partial charge in [-0.15, -0.1) is 0 Å². The number of carboxylic acid groups (broad SMARTS) is 1. The van der Waals surface area contributed by atoms with E-state index in [1.165, 1.54) is 0 Å². The molecule has 0 amide bonds. The van der Waals surface area contributed by atoms with Crippen molar-refractivity contribution in [3.63, 3.8) is 0 Å². The van der Waals surface area contributed by atoms with E-state index in [4.69, 9.17) is 4.74 Å². The predicted octanol–water partition coefficient (Wildman–Crippen LogP) is 3.33. The third-order valence-corrected chi connectivity index (χ3v) is 3.80. The smallest absolute Gasteiger partial charge is 0.352 e. The van der Waals surface area contributed by atoms with Crippen LogP contribution >= 0.6 is 0 Å². The maximum absolute atomic E-state index is 11.6. The number of pyridine rings is 1. The standard InChI is InChI=1S/C17H12N2O3/c20-17(21)16-14(10-4-3-7-18-8-10)12-9-22-13-6-2-1-5-11(13)15(12)19-16/h1-8,19H,9H2,(H,20,21). The molecule has 1 aliphatic rings. The Morgan fingerprint density at radius 1 is 1.23 bits per heavy atom. The molecule has 0 saturated carbocycles.